The molecule has 1 saturated heterocycles. The molecule has 0 bridgehead atoms. The molecular weight excluding hydrogens is 222 g/mol. The molecule has 2 heterocycles. The molecule has 0 aromatic carbocycles. The van der Waals surface area contributed by atoms with Crippen molar-refractivity contribution in [3.05, 3.63) is 24.0 Å². The Kier molecular flexibility index (Phi) is 3.66. The van der Waals surface area contributed by atoms with Crippen LogP contribution in [0.25, 0.3) is 0 Å². The predicted octanol–water partition coefficient (Wildman–Crippen LogP) is 1.36. The highest BCUT2D eigenvalue weighted by Crippen LogP contribution is 2.18. The highest BCUT2D eigenvalue weighted by Gasteiger charge is 2.19. The second-order valence-electron chi connectivity index (χ2n) is 3.71. The van der Waals surface area contributed by atoms with Gasteiger partial charge in [-0.3, -0.25) is 9.78 Å². The number of hydrogen-bond acceptors (Lipinski definition) is 4. The number of carbonyl (C=O) groups is 1. The van der Waals surface area contributed by atoms with Gasteiger partial charge < -0.3 is 10.6 Å². The van der Waals surface area contributed by atoms with Crippen molar-refractivity contribution >= 4 is 23.4 Å². The molecule has 0 saturated carbocycles. The number of anilines is 1. The van der Waals surface area contributed by atoms with Crippen LogP contribution in [0, 0.1) is 0 Å². The Morgan fingerprint density at radius 2 is 2.50 bits per heavy atom. The average Bonchev–Trinajstić information content (AvgIpc) is 2.81. The summed E-state index contributed by atoms with van der Waals surface area (Å²) in [4.78, 5) is 16.0. The van der Waals surface area contributed by atoms with Crippen molar-refractivity contribution in [3.8, 4) is 0 Å². The standard InChI is InChI=1S/C11H15N3OS/c1-12-10-6-13-4-2-9(10)11(15)14-8-3-5-16-7-8/h2,4,6,8,12H,3,5,7H2,1H3,(H,14,15). The van der Waals surface area contributed by atoms with Crippen LogP contribution in [0.1, 0.15) is 16.8 Å². The smallest absolute Gasteiger partial charge is 0.253 e. The minimum Gasteiger partial charge on any atom is -0.386 e. The van der Waals surface area contributed by atoms with Crippen LogP contribution in [-0.2, 0) is 0 Å². The first-order valence-corrected chi connectivity index (χ1v) is 6.47. The highest BCUT2D eigenvalue weighted by atomic mass is 32.2. The Hall–Kier alpha value is -1.23. The fourth-order valence-electron chi connectivity index (χ4n) is 1.70. The summed E-state index contributed by atoms with van der Waals surface area (Å²) < 4.78 is 0. The molecule has 16 heavy (non-hydrogen) atoms. The summed E-state index contributed by atoms with van der Waals surface area (Å²) >= 11 is 1.89. The average molecular weight is 237 g/mol. The van der Waals surface area contributed by atoms with Gasteiger partial charge in [0.25, 0.3) is 5.91 Å². The van der Waals surface area contributed by atoms with E-state index in [9.17, 15) is 4.79 Å². The van der Waals surface area contributed by atoms with E-state index in [-0.39, 0.29) is 5.91 Å². The summed E-state index contributed by atoms with van der Waals surface area (Å²) in [7, 11) is 1.79. The van der Waals surface area contributed by atoms with Gasteiger partial charge in [0.05, 0.1) is 17.4 Å². The third-order valence-electron chi connectivity index (χ3n) is 2.60. The monoisotopic (exact) mass is 237 g/mol. The number of carbonyl (C=O) groups excluding carboxylic acids is 1. The molecule has 1 amide bonds. The number of nitrogens with one attached hydrogen (secondary N) is 2. The van der Waals surface area contributed by atoms with E-state index in [1.54, 1.807) is 25.5 Å². The van der Waals surface area contributed by atoms with E-state index in [4.69, 9.17) is 0 Å². The van der Waals surface area contributed by atoms with Crippen molar-refractivity contribution in [2.45, 2.75) is 12.5 Å². The number of nitrogens with zero attached hydrogens (tertiary/aromatic N) is 1. The van der Waals surface area contributed by atoms with Gasteiger partial charge in [0.2, 0.25) is 0 Å². The van der Waals surface area contributed by atoms with Gasteiger partial charge in [-0.25, -0.2) is 0 Å². The summed E-state index contributed by atoms with van der Waals surface area (Å²) in [6.45, 7) is 0. The second kappa shape index (κ2) is 5.21. The topological polar surface area (TPSA) is 54.0 Å². The molecule has 1 fully saturated rings. The van der Waals surface area contributed by atoms with Crippen LogP contribution in [0.2, 0.25) is 0 Å². The van der Waals surface area contributed by atoms with E-state index >= 15 is 0 Å². The van der Waals surface area contributed by atoms with Crippen molar-refractivity contribution in [1.82, 2.24) is 10.3 Å². The molecule has 4 nitrogen and oxygen atoms in total. The molecule has 1 aromatic heterocycles. The Morgan fingerprint density at radius 1 is 1.62 bits per heavy atom. The molecule has 1 aliphatic rings. The fraction of sp³-hybridized carbons (Fsp3) is 0.455. The van der Waals surface area contributed by atoms with Crippen LogP contribution in [0.4, 0.5) is 5.69 Å². The Morgan fingerprint density at radius 3 is 3.19 bits per heavy atom. The van der Waals surface area contributed by atoms with Crippen molar-refractivity contribution in [1.29, 1.82) is 0 Å². The molecule has 1 atom stereocenters. The molecule has 0 radical (unpaired) electrons. The van der Waals surface area contributed by atoms with Crippen molar-refractivity contribution < 1.29 is 4.79 Å². The maximum atomic E-state index is 12.0. The van der Waals surface area contributed by atoms with E-state index in [1.165, 1.54) is 0 Å². The van der Waals surface area contributed by atoms with E-state index in [1.807, 2.05) is 11.8 Å². The van der Waals surface area contributed by atoms with Gasteiger partial charge in [-0.2, -0.15) is 11.8 Å². The third kappa shape index (κ3) is 2.47. The first kappa shape index (κ1) is 11.3. The van der Waals surface area contributed by atoms with E-state index in [0.717, 1.165) is 23.6 Å². The predicted molar refractivity (Wildman–Crippen MR) is 67.0 cm³/mol. The van der Waals surface area contributed by atoms with Crippen LogP contribution in [0.3, 0.4) is 0 Å². The molecule has 2 N–H and O–H groups in total. The molecule has 0 spiro atoms. The second-order valence-corrected chi connectivity index (χ2v) is 4.86. The molecule has 5 heteroatoms. The lowest BCUT2D eigenvalue weighted by Gasteiger charge is -2.13. The van der Waals surface area contributed by atoms with Crippen LogP contribution >= 0.6 is 11.8 Å². The van der Waals surface area contributed by atoms with Crippen LogP contribution in [0.15, 0.2) is 18.5 Å². The maximum absolute atomic E-state index is 12.0. The summed E-state index contributed by atoms with van der Waals surface area (Å²) in [5.74, 6) is 2.14. The largest absolute Gasteiger partial charge is 0.386 e. The molecule has 86 valence electrons. The molecule has 1 aliphatic heterocycles. The molecule has 0 aliphatic carbocycles. The van der Waals surface area contributed by atoms with Gasteiger partial charge in [-0.1, -0.05) is 0 Å². The van der Waals surface area contributed by atoms with Gasteiger partial charge in [-0.05, 0) is 18.2 Å². The van der Waals surface area contributed by atoms with E-state index in [0.29, 0.717) is 11.6 Å². The van der Waals surface area contributed by atoms with Gasteiger partial charge in [0.1, 0.15) is 0 Å². The number of hydrogen-bond donors (Lipinski definition) is 2. The third-order valence-corrected chi connectivity index (χ3v) is 3.76. The number of amides is 1. The summed E-state index contributed by atoms with van der Waals surface area (Å²) in [6.07, 6.45) is 4.37. The number of pyridine rings is 1. The minimum atomic E-state index is -0.0146. The Balaban J connectivity index is 2.07. The Labute approximate surface area is 99.2 Å². The van der Waals surface area contributed by atoms with Crippen molar-refractivity contribution in [3.63, 3.8) is 0 Å². The number of thioether (sulfide) groups is 1. The van der Waals surface area contributed by atoms with Crippen LogP contribution < -0.4 is 10.6 Å². The molecule has 2 rings (SSSR count). The SMILES string of the molecule is CNc1cnccc1C(=O)NC1CCSC1. The first-order chi connectivity index (χ1) is 7.81. The van der Waals surface area contributed by atoms with Crippen molar-refractivity contribution in [2.24, 2.45) is 0 Å². The highest BCUT2D eigenvalue weighted by molar-refractivity contribution is 7.99. The maximum Gasteiger partial charge on any atom is 0.253 e. The molecular formula is C11H15N3OS. The summed E-state index contributed by atoms with van der Waals surface area (Å²) in [5, 5.41) is 6.02. The van der Waals surface area contributed by atoms with Crippen LogP contribution in [0.5, 0.6) is 0 Å². The number of rotatable bonds is 3. The normalized spacial score (nSPS) is 19.4. The van der Waals surface area contributed by atoms with E-state index in [2.05, 4.69) is 15.6 Å². The summed E-state index contributed by atoms with van der Waals surface area (Å²) in [5.41, 5.74) is 1.43. The molecule has 1 unspecified atom stereocenters. The zero-order chi connectivity index (χ0) is 11.4. The van der Waals surface area contributed by atoms with Gasteiger partial charge >= 0.3 is 0 Å². The van der Waals surface area contributed by atoms with Crippen molar-refractivity contribution in [2.75, 3.05) is 23.9 Å². The molecule has 1 aromatic rings. The zero-order valence-corrected chi connectivity index (χ0v) is 10.0. The Bertz CT molecular complexity index is 377. The first-order valence-electron chi connectivity index (χ1n) is 5.31. The van der Waals surface area contributed by atoms with Gasteiger partial charge in [-0.15, -0.1) is 0 Å². The minimum absolute atomic E-state index is 0.0146. The lowest BCUT2D eigenvalue weighted by Crippen LogP contribution is -2.34. The lowest BCUT2D eigenvalue weighted by molar-refractivity contribution is 0.0942. The quantitative estimate of drug-likeness (QED) is 0.833. The fourth-order valence-corrected chi connectivity index (χ4v) is 2.86. The van der Waals surface area contributed by atoms with Crippen LogP contribution in [-0.4, -0.2) is 35.5 Å². The van der Waals surface area contributed by atoms with Gasteiger partial charge in [0, 0.05) is 25.0 Å². The lowest BCUT2D eigenvalue weighted by atomic mass is 10.2. The zero-order valence-electron chi connectivity index (χ0n) is 9.19. The van der Waals surface area contributed by atoms with Gasteiger partial charge in [0.15, 0.2) is 0 Å². The summed E-state index contributed by atoms with van der Waals surface area (Å²) in [6, 6.07) is 2.05. The number of aromatic nitrogens is 1. The van der Waals surface area contributed by atoms with E-state index < -0.39 is 0 Å².